The fourth-order valence-corrected chi connectivity index (χ4v) is 1.62. The van der Waals surface area contributed by atoms with Gasteiger partial charge in [0.1, 0.15) is 0 Å². The van der Waals surface area contributed by atoms with Gasteiger partial charge in [-0.3, -0.25) is 0 Å². The summed E-state index contributed by atoms with van der Waals surface area (Å²) in [7, 11) is 2.06. The lowest BCUT2D eigenvalue weighted by Gasteiger charge is -2.18. The minimum Gasteiger partial charge on any atom is -0.373 e. The molecule has 0 aliphatic heterocycles. The second kappa shape index (κ2) is 5.26. The maximum Gasteiger partial charge on any atom is 0.0399 e. The van der Waals surface area contributed by atoms with E-state index >= 15 is 0 Å². The molecule has 0 amide bonds. The van der Waals surface area contributed by atoms with Gasteiger partial charge in [0.05, 0.1) is 0 Å². The van der Waals surface area contributed by atoms with Crippen LogP contribution in [0.25, 0.3) is 0 Å². The largest absolute Gasteiger partial charge is 0.373 e. The molecule has 0 saturated carbocycles. The fraction of sp³-hybridized carbons (Fsp3) is 0.500. The molecule has 2 heteroatoms. The smallest absolute Gasteiger partial charge is 0.0399 e. The van der Waals surface area contributed by atoms with Gasteiger partial charge in [-0.2, -0.15) is 0 Å². The standard InChI is InChI=1S/C12H18ClN/c1-10(2)11-4-6-12(7-5-11)14(3)9-8-13/h4-7,10H,8-9H2,1-3H3. The SMILES string of the molecule is CC(C)c1ccc(N(C)CCCl)cc1. The summed E-state index contributed by atoms with van der Waals surface area (Å²) >= 11 is 5.69. The number of hydrogen-bond donors (Lipinski definition) is 0. The van der Waals surface area contributed by atoms with E-state index in [1.54, 1.807) is 0 Å². The zero-order valence-electron chi connectivity index (χ0n) is 9.13. The van der Waals surface area contributed by atoms with Crippen LogP contribution < -0.4 is 4.90 Å². The van der Waals surface area contributed by atoms with E-state index in [0.717, 1.165) is 6.54 Å². The summed E-state index contributed by atoms with van der Waals surface area (Å²) in [5.41, 5.74) is 2.61. The van der Waals surface area contributed by atoms with Crippen LogP contribution in [0.1, 0.15) is 25.3 Å². The van der Waals surface area contributed by atoms with Crippen molar-refractivity contribution in [2.75, 3.05) is 24.4 Å². The Morgan fingerprint density at radius 1 is 1.21 bits per heavy atom. The van der Waals surface area contributed by atoms with Gasteiger partial charge in [0.2, 0.25) is 0 Å². The Morgan fingerprint density at radius 2 is 1.79 bits per heavy atom. The third kappa shape index (κ3) is 2.91. The van der Waals surface area contributed by atoms with E-state index in [1.165, 1.54) is 11.3 Å². The highest BCUT2D eigenvalue weighted by Crippen LogP contribution is 2.19. The number of nitrogens with zero attached hydrogens (tertiary/aromatic N) is 1. The molecule has 0 N–H and O–H groups in total. The molecule has 0 spiro atoms. The Kier molecular flexibility index (Phi) is 4.27. The molecular weight excluding hydrogens is 194 g/mol. The van der Waals surface area contributed by atoms with Crippen molar-refractivity contribution in [2.24, 2.45) is 0 Å². The fourth-order valence-electron chi connectivity index (χ4n) is 1.37. The van der Waals surface area contributed by atoms with Crippen LogP contribution in [-0.2, 0) is 0 Å². The van der Waals surface area contributed by atoms with Gasteiger partial charge in [-0.05, 0) is 23.6 Å². The molecule has 0 heterocycles. The molecule has 1 nitrogen and oxygen atoms in total. The quantitative estimate of drug-likeness (QED) is 0.690. The molecule has 0 radical (unpaired) electrons. The number of rotatable bonds is 4. The Hall–Kier alpha value is -0.690. The van der Waals surface area contributed by atoms with E-state index in [0.29, 0.717) is 11.8 Å². The van der Waals surface area contributed by atoms with E-state index in [4.69, 9.17) is 11.6 Å². The van der Waals surface area contributed by atoms with Crippen molar-refractivity contribution in [3.63, 3.8) is 0 Å². The highest BCUT2D eigenvalue weighted by atomic mass is 35.5. The van der Waals surface area contributed by atoms with Gasteiger partial charge in [0.15, 0.2) is 0 Å². The second-order valence-corrected chi connectivity index (χ2v) is 4.23. The number of anilines is 1. The van der Waals surface area contributed by atoms with Crippen molar-refractivity contribution in [3.8, 4) is 0 Å². The number of benzene rings is 1. The molecule has 0 bridgehead atoms. The van der Waals surface area contributed by atoms with Gasteiger partial charge in [0, 0.05) is 25.2 Å². The lowest BCUT2D eigenvalue weighted by Crippen LogP contribution is -2.19. The van der Waals surface area contributed by atoms with Crippen LogP contribution in [0.3, 0.4) is 0 Å². The summed E-state index contributed by atoms with van der Waals surface area (Å²) in [6, 6.07) is 8.68. The van der Waals surface area contributed by atoms with Crippen molar-refractivity contribution in [2.45, 2.75) is 19.8 Å². The van der Waals surface area contributed by atoms with Crippen LogP contribution in [0, 0.1) is 0 Å². The first-order valence-electron chi connectivity index (χ1n) is 5.02. The minimum atomic E-state index is 0.599. The molecule has 0 atom stereocenters. The first kappa shape index (κ1) is 11.4. The summed E-state index contributed by atoms with van der Waals surface area (Å²) in [5.74, 6) is 1.27. The zero-order valence-corrected chi connectivity index (χ0v) is 9.88. The molecule has 14 heavy (non-hydrogen) atoms. The van der Waals surface area contributed by atoms with E-state index in [2.05, 4.69) is 50.1 Å². The highest BCUT2D eigenvalue weighted by molar-refractivity contribution is 6.18. The molecule has 0 unspecified atom stereocenters. The van der Waals surface area contributed by atoms with Gasteiger partial charge in [-0.25, -0.2) is 0 Å². The van der Waals surface area contributed by atoms with Crippen LogP contribution >= 0.6 is 11.6 Å². The van der Waals surface area contributed by atoms with Crippen molar-refractivity contribution in [1.82, 2.24) is 0 Å². The van der Waals surface area contributed by atoms with Gasteiger partial charge in [-0.15, -0.1) is 11.6 Å². The predicted molar refractivity (Wildman–Crippen MR) is 64.5 cm³/mol. The molecule has 0 aliphatic carbocycles. The van der Waals surface area contributed by atoms with Gasteiger partial charge >= 0.3 is 0 Å². The van der Waals surface area contributed by atoms with Crippen molar-refractivity contribution in [1.29, 1.82) is 0 Å². The Balaban J connectivity index is 2.72. The molecule has 0 aromatic heterocycles. The summed E-state index contributed by atoms with van der Waals surface area (Å²) in [5, 5.41) is 0. The maximum atomic E-state index is 5.69. The van der Waals surface area contributed by atoms with E-state index in [-0.39, 0.29) is 0 Å². The molecule has 1 aromatic rings. The van der Waals surface area contributed by atoms with Crippen LogP contribution in [-0.4, -0.2) is 19.5 Å². The summed E-state index contributed by atoms with van der Waals surface area (Å²) in [4.78, 5) is 2.16. The third-order valence-electron chi connectivity index (χ3n) is 2.42. The maximum absolute atomic E-state index is 5.69. The van der Waals surface area contributed by atoms with Gasteiger partial charge in [-0.1, -0.05) is 26.0 Å². The van der Waals surface area contributed by atoms with E-state index < -0.39 is 0 Å². The van der Waals surface area contributed by atoms with E-state index in [1.807, 2.05) is 0 Å². The lowest BCUT2D eigenvalue weighted by molar-refractivity contribution is 0.865. The Labute approximate surface area is 91.7 Å². The summed E-state index contributed by atoms with van der Waals surface area (Å²) < 4.78 is 0. The average Bonchev–Trinajstić information content (AvgIpc) is 2.18. The molecule has 0 aliphatic rings. The molecular formula is C12H18ClN. The van der Waals surface area contributed by atoms with E-state index in [9.17, 15) is 0 Å². The van der Waals surface area contributed by atoms with Crippen molar-refractivity contribution in [3.05, 3.63) is 29.8 Å². The van der Waals surface area contributed by atoms with Crippen molar-refractivity contribution < 1.29 is 0 Å². The number of halogens is 1. The molecule has 0 fully saturated rings. The lowest BCUT2D eigenvalue weighted by atomic mass is 10.0. The molecule has 1 aromatic carbocycles. The summed E-state index contributed by atoms with van der Waals surface area (Å²) in [6.45, 7) is 5.30. The molecule has 1 rings (SSSR count). The highest BCUT2D eigenvalue weighted by Gasteiger charge is 2.01. The first-order chi connectivity index (χ1) is 6.65. The molecule has 0 saturated heterocycles. The second-order valence-electron chi connectivity index (χ2n) is 3.86. The van der Waals surface area contributed by atoms with Gasteiger partial charge < -0.3 is 4.90 Å². The number of hydrogen-bond acceptors (Lipinski definition) is 1. The Bertz CT molecular complexity index is 266. The normalized spacial score (nSPS) is 10.6. The average molecular weight is 212 g/mol. The van der Waals surface area contributed by atoms with Crippen LogP contribution in [0.4, 0.5) is 5.69 Å². The Morgan fingerprint density at radius 3 is 2.21 bits per heavy atom. The monoisotopic (exact) mass is 211 g/mol. The summed E-state index contributed by atoms with van der Waals surface area (Å²) in [6.07, 6.45) is 0. The number of alkyl halides is 1. The first-order valence-corrected chi connectivity index (χ1v) is 5.55. The minimum absolute atomic E-state index is 0.599. The van der Waals surface area contributed by atoms with Crippen LogP contribution in [0.15, 0.2) is 24.3 Å². The van der Waals surface area contributed by atoms with Gasteiger partial charge in [0.25, 0.3) is 0 Å². The van der Waals surface area contributed by atoms with Crippen molar-refractivity contribution >= 4 is 17.3 Å². The zero-order chi connectivity index (χ0) is 10.6. The van der Waals surface area contributed by atoms with Crippen LogP contribution in [0.2, 0.25) is 0 Å². The third-order valence-corrected chi connectivity index (χ3v) is 2.59. The van der Waals surface area contributed by atoms with Crippen LogP contribution in [0.5, 0.6) is 0 Å². The topological polar surface area (TPSA) is 3.24 Å². The predicted octanol–water partition coefficient (Wildman–Crippen LogP) is 3.49. The molecule has 78 valence electrons.